The van der Waals surface area contributed by atoms with Gasteiger partial charge in [-0.2, -0.15) is 0 Å². The smallest absolute Gasteiger partial charge is 0.261 e. The Bertz CT molecular complexity index is 983. The number of carbonyl (C=O) groups is 2. The van der Waals surface area contributed by atoms with E-state index >= 15 is 0 Å². The summed E-state index contributed by atoms with van der Waals surface area (Å²) in [7, 11) is -2.09. The van der Waals surface area contributed by atoms with Gasteiger partial charge in [0.25, 0.3) is 20.1 Å². The first-order valence-electron chi connectivity index (χ1n) is 10.2. The zero-order chi connectivity index (χ0) is 22.1. The molecule has 160 valence electrons. The normalized spacial score (nSPS) is 13.8. The van der Waals surface area contributed by atoms with Gasteiger partial charge in [-0.3, -0.25) is 14.9 Å². The van der Waals surface area contributed by atoms with Crippen molar-refractivity contribution in [3.8, 4) is 5.75 Å². The Morgan fingerprint density at radius 2 is 1.83 bits per heavy atom. The molecule has 2 aromatic carbocycles. The predicted octanol–water partition coefficient (Wildman–Crippen LogP) is 5.14. The number of nitrogens with one attached hydrogen (secondary N) is 2. The molecule has 0 saturated carbocycles. The van der Waals surface area contributed by atoms with E-state index in [9.17, 15) is 14.0 Å². The second-order valence-electron chi connectivity index (χ2n) is 9.17. The first-order valence-corrected chi connectivity index (χ1v) is 13.1. The van der Waals surface area contributed by atoms with Gasteiger partial charge in [-0.15, -0.1) is 0 Å². The summed E-state index contributed by atoms with van der Waals surface area (Å²) in [6, 6.07) is 10.3. The van der Waals surface area contributed by atoms with E-state index in [2.05, 4.69) is 44.5 Å². The standard InChI is InChI=1S/C23H29FN2O3Si/c1-23(2,3)30(4,5)29-19-12-11-15(14-17(19)24)8-7-13-25-18-10-6-9-16-20(18)22(28)26-21(16)27/h6,9-12,14,25H,7-8,13H2,1-5H3,(H,26,27,28). The van der Waals surface area contributed by atoms with Gasteiger partial charge >= 0.3 is 0 Å². The predicted molar refractivity (Wildman–Crippen MR) is 119 cm³/mol. The lowest BCUT2D eigenvalue weighted by molar-refractivity contribution is 0.0880. The Hall–Kier alpha value is -2.67. The van der Waals surface area contributed by atoms with Gasteiger partial charge in [0.05, 0.1) is 11.1 Å². The van der Waals surface area contributed by atoms with Gasteiger partial charge in [0.1, 0.15) is 5.75 Å². The van der Waals surface area contributed by atoms with Crippen molar-refractivity contribution in [2.24, 2.45) is 0 Å². The molecular formula is C23H29FN2O3Si. The first-order chi connectivity index (χ1) is 14.0. The average molecular weight is 429 g/mol. The maximum atomic E-state index is 14.6. The van der Waals surface area contributed by atoms with E-state index in [1.165, 1.54) is 6.07 Å². The van der Waals surface area contributed by atoms with Crippen molar-refractivity contribution in [1.29, 1.82) is 0 Å². The van der Waals surface area contributed by atoms with Crippen molar-refractivity contribution in [3.63, 3.8) is 0 Å². The summed E-state index contributed by atoms with van der Waals surface area (Å²) in [5.41, 5.74) is 2.31. The van der Waals surface area contributed by atoms with Crippen LogP contribution in [-0.4, -0.2) is 26.7 Å². The number of hydrogen-bond acceptors (Lipinski definition) is 4. The number of halogens is 1. The Kier molecular flexibility index (Phi) is 6.03. The molecule has 2 aromatic rings. The zero-order valence-electron chi connectivity index (χ0n) is 18.2. The molecule has 0 unspecified atom stereocenters. The molecular weight excluding hydrogens is 399 g/mol. The summed E-state index contributed by atoms with van der Waals surface area (Å²) in [5, 5.41) is 5.52. The fraction of sp³-hybridized carbons (Fsp3) is 0.391. The summed E-state index contributed by atoms with van der Waals surface area (Å²) in [5.74, 6) is -0.757. The molecule has 0 atom stereocenters. The quantitative estimate of drug-likeness (QED) is 0.364. The lowest BCUT2D eigenvalue weighted by Gasteiger charge is -2.36. The SMILES string of the molecule is CC(C)(C)[Si](C)(C)Oc1ccc(CCCNc2cccc3c2C(=O)NC3=O)cc1F. The topological polar surface area (TPSA) is 67.4 Å². The highest BCUT2D eigenvalue weighted by Gasteiger charge is 2.39. The minimum Gasteiger partial charge on any atom is -0.542 e. The molecule has 2 amide bonds. The lowest BCUT2D eigenvalue weighted by atomic mass is 10.1. The van der Waals surface area contributed by atoms with Gasteiger partial charge in [0.15, 0.2) is 5.82 Å². The van der Waals surface area contributed by atoms with Gasteiger partial charge in [-0.25, -0.2) is 4.39 Å². The molecule has 0 radical (unpaired) electrons. The van der Waals surface area contributed by atoms with Crippen LogP contribution in [0.1, 0.15) is 53.5 Å². The molecule has 2 N–H and O–H groups in total. The second-order valence-corrected chi connectivity index (χ2v) is 13.9. The highest BCUT2D eigenvalue weighted by molar-refractivity contribution is 6.74. The third-order valence-electron chi connectivity index (χ3n) is 5.89. The minimum atomic E-state index is -2.09. The van der Waals surface area contributed by atoms with Crippen molar-refractivity contribution in [3.05, 3.63) is 58.9 Å². The van der Waals surface area contributed by atoms with Crippen molar-refractivity contribution in [2.45, 2.75) is 51.7 Å². The number of benzene rings is 2. The van der Waals surface area contributed by atoms with Crippen LogP contribution >= 0.6 is 0 Å². The van der Waals surface area contributed by atoms with Crippen molar-refractivity contribution >= 4 is 25.8 Å². The molecule has 1 aliphatic heterocycles. The number of imide groups is 1. The number of amides is 2. The molecule has 0 aromatic heterocycles. The monoisotopic (exact) mass is 428 g/mol. The van der Waals surface area contributed by atoms with Crippen LogP contribution in [0.25, 0.3) is 0 Å². The van der Waals surface area contributed by atoms with Crippen LogP contribution in [0.4, 0.5) is 10.1 Å². The Morgan fingerprint density at radius 1 is 1.10 bits per heavy atom. The van der Waals surface area contributed by atoms with Crippen molar-refractivity contribution in [2.75, 3.05) is 11.9 Å². The maximum absolute atomic E-state index is 14.6. The van der Waals surface area contributed by atoms with Gasteiger partial charge in [-0.05, 0) is 60.8 Å². The van der Waals surface area contributed by atoms with Gasteiger partial charge < -0.3 is 9.74 Å². The molecule has 30 heavy (non-hydrogen) atoms. The Morgan fingerprint density at radius 3 is 2.50 bits per heavy atom. The van der Waals surface area contributed by atoms with Crippen LogP contribution in [0.15, 0.2) is 36.4 Å². The van der Waals surface area contributed by atoms with Crippen LogP contribution in [-0.2, 0) is 6.42 Å². The zero-order valence-corrected chi connectivity index (χ0v) is 19.2. The van der Waals surface area contributed by atoms with Crippen LogP contribution < -0.4 is 15.1 Å². The highest BCUT2D eigenvalue weighted by atomic mass is 28.4. The number of anilines is 1. The summed E-state index contributed by atoms with van der Waals surface area (Å²) >= 11 is 0. The van der Waals surface area contributed by atoms with Gasteiger partial charge in [-0.1, -0.05) is 32.9 Å². The van der Waals surface area contributed by atoms with Crippen LogP contribution in [0.5, 0.6) is 5.75 Å². The molecule has 3 rings (SSSR count). The second kappa shape index (κ2) is 8.22. The van der Waals surface area contributed by atoms with E-state index in [0.717, 1.165) is 12.0 Å². The van der Waals surface area contributed by atoms with Crippen molar-refractivity contribution < 1.29 is 18.4 Å². The number of aryl methyl sites for hydroxylation is 1. The minimum absolute atomic E-state index is 0.00289. The summed E-state index contributed by atoms with van der Waals surface area (Å²) in [6.45, 7) is 11.2. The number of fused-ring (bicyclic) bond motifs is 1. The third-order valence-corrected chi connectivity index (χ3v) is 10.2. The molecule has 1 aliphatic rings. The molecule has 0 bridgehead atoms. The molecule has 5 nitrogen and oxygen atoms in total. The number of rotatable bonds is 7. The fourth-order valence-corrected chi connectivity index (χ4v) is 4.11. The van der Waals surface area contributed by atoms with Crippen LogP contribution in [0.2, 0.25) is 18.1 Å². The summed E-state index contributed by atoms with van der Waals surface area (Å²) in [4.78, 5) is 23.7. The van der Waals surface area contributed by atoms with E-state index in [4.69, 9.17) is 4.43 Å². The average Bonchev–Trinajstić information content (AvgIpc) is 2.95. The van der Waals surface area contributed by atoms with E-state index in [-0.39, 0.29) is 22.7 Å². The third kappa shape index (κ3) is 4.56. The molecule has 0 aliphatic carbocycles. The van der Waals surface area contributed by atoms with Gasteiger partial charge in [0, 0.05) is 12.2 Å². The molecule has 7 heteroatoms. The van der Waals surface area contributed by atoms with E-state index in [0.29, 0.717) is 35.5 Å². The van der Waals surface area contributed by atoms with Crippen molar-refractivity contribution in [1.82, 2.24) is 5.32 Å². The number of carbonyl (C=O) groups excluding carboxylic acids is 2. The molecule has 0 fully saturated rings. The lowest BCUT2D eigenvalue weighted by Crippen LogP contribution is -2.44. The highest BCUT2D eigenvalue weighted by Crippen LogP contribution is 2.38. The first kappa shape index (κ1) is 22.0. The van der Waals surface area contributed by atoms with E-state index < -0.39 is 8.32 Å². The molecule has 0 spiro atoms. The summed E-state index contributed by atoms with van der Waals surface area (Å²) in [6.07, 6.45) is 1.44. The van der Waals surface area contributed by atoms with Crippen LogP contribution in [0, 0.1) is 5.82 Å². The largest absolute Gasteiger partial charge is 0.542 e. The van der Waals surface area contributed by atoms with E-state index in [1.807, 2.05) is 6.07 Å². The molecule has 0 saturated heterocycles. The van der Waals surface area contributed by atoms with Gasteiger partial charge in [0.2, 0.25) is 0 Å². The van der Waals surface area contributed by atoms with E-state index in [1.54, 1.807) is 24.3 Å². The van der Waals surface area contributed by atoms with Crippen LogP contribution in [0.3, 0.4) is 0 Å². The Labute approximate surface area is 178 Å². The maximum Gasteiger partial charge on any atom is 0.261 e. The molecule has 1 heterocycles. The summed E-state index contributed by atoms with van der Waals surface area (Å²) < 4.78 is 20.7. The Balaban J connectivity index is 1.57. The number of hydrogen-bond donors (Lipinski definition) is 2. The fourth-order valence-electron chi connectivity index (χ4n) is 3.09.